The Balaban J connectivity index is 1.99. The monoisotopic (exact) mass is 281 g/mol. The first-order chi connectivity index (χ1) is 8.27. The molecule has 2 aliphatic rings. The molecule has 104 valence electrons. The van der Waals surface area contributed by atoms with E-state index >= 15 is 0 Å². The molecular weight excluding hydrogens is 249 g/mol. The fourth-order valence-electron chi connectivity index (χ4n) is 4.80. The van der Waals surface area contributed by atoms with E-state index in [9.17, 15) is 0 Å². The molecule has 18 heavy (non-hydrogen) atoms. The van der Waals surface area contributed by atoms with Gasteiger partial charge in [-0.1, -0.05) is 88.8 Å². The Morgan fingerprint density at radius 1 is 0.889 bits per heavy atom. The lowest BCUT2D eigenvalue weighted by molar-refractivity contribution is 0.444. The van der Waals surface area contributed by atoms with Crippen molar-refractivity contribution in [2.75, 3.05) is 0 Å². The van der Waals surface area contributed by atoms with E-state index in [1.165, 1.54) is 12.8 Å². The second-order valence-corrected chi connectivity index (χ2v) is 18.2. The van der Waals surface area contributed by atoms with Crippen molar-refractivity contribution in [3.05, 3.63) is 0 Å². The summed E-state index contributed by atoms with van der Waals surface area (Å²) in [5.41, 5.74) is 0. The number of hydrogen-bond acceptors (Lipinski definition) is 1. The molecule has 4 heteroatoms. The van der Waals surface area contributed by atoms with E-state index in [1.807, 2.05) is 0 Å². The van der Waals surface area contributed by atoms with Gasteiger partial charge in [0.1, 0.15) is 23.2 Å². The zero-order valence-corrected chi connectivity index (χ0v) is 15.2. The number of fused-ring (bicyclic) bond motifs is 2. The second-order valence-electron chi connectivity index (χ2n) is 8.51. The van der Waals surface area contributed by atoms with Crippen molar-refractivity contribution in [3.63, 3.8) is 0 Å². The first-order valence-electron chi connectivity index (χ1n) is 8.06. The van der Waals surface area contributed by atoms with E-state index in [2.05, 4.69) is 37.4 Å². The van der Waals surface area contributed by atoms with Crippen LogP contribution < -0.4 is 4.65 Å². The number of nitrogens with one attached hydrogen (secondary N) is 1. The third kappa shape index (κ3) is 3.97. The van der Waals surface area contributed by atoms with Crippen molar-refractivity contribution in [1.29, 1.82) is 0 Å². The molecule has 2 fully saturated rings. The summed E-state index contributed by atoms with van der Waals surface area (Å²) < 4.78 is 4.11. The first-order valence-corrected chi connectivity index (χ1v) is 14.8. The van der Waals surface area contributed by atoms with Crippen LogP contribution in [0.4, 0.5) is 0 Å². The third-order valence-corrected chi connectivity index (χ3v) is 12.2. The van der Waals surface area contributed by atoms with Crippen molar-refractivity contribution in [2.24, 2.45) is 0 Å². The van der Waals surface area contributed by atoms with Gasteiger partial charge < -0.3 is 4.65 Å². The molecule has 0 aromatic heterocycles. The minimum Gasteiger partial charge on any atom is -0.360 e. The Morgan fingerprint density at radius 2 is 1.33 bits per heavy atom. The lowest BCUT2D eigenvalue weighted by Gasteiger charge is -2.44. The Morgan fingerprint density at radius 3 is 1.72 bits per heavy atom. The molecule has 2 rings (SSSR count). The maximum absolute atomic E-state index is 4.11. The van der Waals surface area contributed by atoms with Crippen LogP contribution in [0.3, 0.4) is 0 Å². The summed E-state index contributed by atoms with van der Waals surface area (Å²) >= 11 is 0. The predicted octanol–water partition coefficient (Wildman–Crippen LogP) is 4.76. The average Bonchev–Trinajstić information content (AvgIpc) is 2.11. The summed E-state index contributed by atoms with van der Waals surface area (Å²) in [7, 11) is -2.28. The summed E-state index contributed by atoms with van der Waals surface area (Å²) in [6.45, 7) is 13.6. The zero-order chi connectivity index (χ0) is 13.4. The highest BCUT2D eigenvalue weighted by atomic mass is 28.4. The highest BCUT2D eigenvalue weighted by Crippen LogP contribution is 2.48. The van der Waals surface area contributed by atoms with Gasteiger partial charge in [-0.2, -0.15) is 0 Å². The highest BCUT2D eigenvalue weighted by molar-refractivity contribution is 6.96. The smallest absolute Gasteiger partial charge is 0.144 e. The van der Waals surface area contributed by atoms with Crippen LogP contribution in [0, 0.1) is 0 Å². The third-order valence-electron chi connectivity index (χ3n) is 4.97. The van der Waals surface area contributed by atoms with E-state index < -0.39 is 16.5 Å². The lowest BCUT2D eigenvalue weighted by Crippen LogP contribution is -2.60. The molecule has 2 saturated heterocycles. The largest absolute Gasteiger partial charge is 0.360 e. The van der Waals surface area contributed by atoms with Gasteiger partial charge in [0.25, 0.3) is 0 Å². The van der Waals surface area contributed by atoms with Gasteiger partial charge >= 0.3 is 0 Å². The van der Waals surface area contributed by atoms with Crippen molar-refractivity contribution >= 4 is 23.2 Å². The molecule has 0 aromatic carbocycles. The van der Waals surface area contributed by atoms with Gasteiger partial charge in [0.05, 0.1) is 0 Å². The molecule has 2 bridgehead atoms. The molecule has 0 saturated carbocycles. The van der Waals surface area contributed by atoms with Gasteiger partial charge in [-0.3, -0.25) is 0 Å². The van der Waals surface area contributed by atoms with E-state index in [0.29, 0.717) is 0 Å². The Kier molecular flexibility index (Phi) is 4.50. The van der Waals surface area contributed by atoms with E-state index in [1.54, 1.807) is 31.6 Å². The maximum Gasteiger partial charge on any atom is 0.144 e. The highest BCUT2D eigenvalue weighted by Gasteiger charge is 2.42. The molecule has 0 spiro atoms. The van der Waals surface area contributed by atoms with E-state index in [0.717, 1.165) is 18.3 Å². The fraction of sp³-hybridized carbons (Fsp3) is 1.00. The Hall–Kier alpha value is 0.459. The van der Waals surface area contributed by atoms with E-state index in [4.69, 9.17) is 0 Å². The summed E-state index contributed by atoms with van der Waals surface area (Å²) in [5, 5.41) is 0. The normalized spacial score (nSPS) is 29.5. The van der Waals surface area contributed by atoms with Crippen LogP contribution in [0.25, 0.3) is 0 Å². The molecule has 0 aliphatic carbocycles. The summed E-state index contributed by atoms with van der Waals surface area (Å²) in [6, 6.07) is 0. The Labute approximate surface area is 117 Å². The van der Waals surface area contributed by atoms with Crippen LogP contribution in [0.5, 0.6) is 0 Å². The maximum atomic E-state index is 4.11. The Bertz CT molecular complexity index is 266. The second kappa shape index (κ2) is 5.45. The van der Waals surface area contributed by atoms with Crippen molar-refractivity contribution in [3.8, 4) is 0 Å². The zero-order valence-electron chi connectivity index (χ0n) is 13.2. The minimum atomic E-state index is -1.18. The summed E-state index contributed by atoms with van der Waals surface area (Å²) in [4.78, 5) is 0. The summed E-state index contributed by atoms with van der Waals surface area (Å²) in [5.74, 6) is 3.73. The van der Waals surface area contributed by atoms with Crippen LogP contribution in [-0.2, 0) is 0 Å². The van der Waals surface area contributed by atoms with E-state index in [-0.39, 0.29) is 0 Å². The van der Waals surface area contributed by atoms with Gasteiger partial charge in [-0.15, -0.1) is 0 Å². The number of rotatable bonds is 4. The molecule has 0 unspecified atom stereocenters. The SMILES string of the molecule is C[Si](C)(C)N[Si](C)(C)CB1C2CCCC1CCC2. The van der Waals surface area contributed by atoms with Gasteiger partial charge in [-0.25, -0.2) is 0 Å². The quantitative estimate of drug-likeness (QED) is 0.733. The van der Waals surface area contributed by atoms with Crippen LogP contribution in [0.2, 0.25) is 50.3 Å². The molecular formula is C14H32BNSi2. The standard InChI is InChI=1S/C14H32BNSi2/c1-17(2,3)16-18(4,5)12-15-13-8-6-9-14(15)11-7-10-13/h13-14,16H,6-12H2,1-5H3. The van der Waals surface area contributed by atoms with Crippen LogP contribution in [-0.4, -0.2) is 23.2 Å². The van der Waals surface area contributed by atoms with Gasteiger partial charge in [0, 0.05) is 0 Å². The summed E-state index contributed by atoms with van der Waals surface area (Å²) in [6.07, 6.45) is 9.21. The lowest BCUT2D eigenvalue weighted by atomic mass is 9.28. The van der Waals surface area contributed by atoms with Crippen LogP contribution in [0.1, 0.15) is 38.5 Å². The molecule has 0 atom stereocenters. The average molecular weight is 281 g/mol. The molecule has 1 N–H and O–H groups in total. The molecule has 2 aliphatic heterocycles. The number of hydrogen-bond donors (Lipinski definition) is 1. The van der Waals surface area contributed by atoms with Gasteiger partial charge in [-0.05, 0) is 0 Å². The molecule has 0 radical (unpaired) electrons. The molecule has 1 nitrogen and oxygen atoms in total. The van der Waals surface area contributed by atoms with Gasteiger partial charge in [0.15, 0.2) is 0 Å². The minimum absolute atomic E-state index is 1.08. The van der Waals surface area contributed by atoms with Gasteiger partial charge in [0.2, 0.25) is 0 Å². The molecule has 2 heterocycles. The van der Waals surface area contributed by atoms with Crippen LogP contribution in [0.15, 0.2) is 0 Å². The first kappa shape index (κ1) is 14.9. The molecule has 0 aromatic rings. The predicted molar refractivity (Wildman–Crippen MR) is 89.7 cm³/mol. The fourth-order valence-corrected chi connectivity index (χ4v) is 15.2. The molecule has 0 amide bonds. The topological polar surface area (TPSA) is 12.0 Å². The van der Waals surface area contributed by atoms with Crippen molar-refractivity contribution in [1.82, 2.24) is 4.65 Å². The van der Waals surface area contributed by atoms with Crippen molar-refractivity contribution in [2.45, 2.75) is 88.8 Å². The van der Waals surface area contributed by atoms with Crippen LogP contribution >= 0.6 is 0 Å². The van der Waals surface area contributed by atoms with Crippen molar-refractivity contribution < 1.29 is 0 Å².